The van der Waals surface area contributed by atoms with Crippen LogP contribution in [0.4, 0.5) is 21.6 Å². The number of nitrogens with two attached hydrogens (primary N) is 1. The van der Waals surface area contributed by atoms with Crippen molar-refractivity contribution in [2.24, 2.45) is 0 Å². The van der Waals surface area contributed by atoms with E-state index in [-0.39, 0.29) is 5.82 Å². The summed E-state index contributed by atoms with van der Waals surface area (Å²) in [5.74, 6) is 0.197. The van der Waals surface area contributed by atoms with Gasteiger partial charge in [-0.3, -0.25) is 0 Å². The second-order valence-corrected chi connectivity index (χ2v) is 4.55. The van der Waals surface area contributed by atoms with Crippen LogP contribution in [0.25, 0.3) is 0 Å². The van der Waals surface area contributed by atoms with E-state index in [9.17, 15) is 4.39 Å². The number of nitrogens with zero attached hydrogens (tertiary/aromatic N) is 1. The summed E-state index contributed by atoms with van der Waals surface area (Å²) >= 11 is 3.33. The van der Waals surface area contributed by atoms with Crippen molar-refractivity contribution in [3.8, 4) is 0 Å². The Bertz CT molecular complexity index is 557. The van der Waals surface area contributed by atoms with Gasteiger partial charge in [0, 0.05) is 10.7 Å². The van der Waals surface area contributed by atoms with Crippen LogP contribution in [0.3, 0.4) is 0 Å². The molecule has 0 aliphatic heterocycles. The molecule has 2 aromatic rings. The lowest BCUT2D eigenvalue weighted by Gasteiger charge is -2.10. The van der Waals surface area contributed by atoms with Crippen LogP contribution in [0.15, 0.2) is 34.9 Å². The van der Waals surface area contributed by atoms with Crippen LogP contribution < -0.4 is 11.1 Å². The number of aryl methyl sites for hydroxylation is 1. The predicted octanol–water partition coefficient (Wildman–Crippen LogP) is 3.62. The summed E-state index contributed by atoms with van der Waals surface area (Å²) in [4.78, 5) is 4.16. The third kappa shape index (κ3) is 2.74. The van der Waals surface area contributed by atoms with E-state index in [0.717, 1.165) is 10.0 Å². The molecule has 0 aliphatic rings. The van der Waals surface area contributed by atoms with Crippen molar-refractivity contribution < 1.29 is 4.39 Å². The monoisotopic (exact) mass is 295 g/mol. The van der Waals surface area contributed by atoms with Gasteiger partial charge < -0.3 is 11.1 Å². The van der Waals surface area contributed by atoms with Crippen molar-refractivity contribution in [1.82, 2.24) is 4.98 Å². The van der Waals surface area contributed by atoms with Crippen molar-refractivity contribution in [3.05, 3.63) is 46.3 Å². The molecule has 0 saturated heterocycles. The van der Waals surface area contributed by atoms with E-state index >= 15 is 0 Å². The summed E-state index contributed by atoms with van der Waals surface area (Å²) in [6.07, 6.45) is 1.70. The van der Waals surface area contributed by atoms with Gasteiger partial charge in [-0.1, -0.05) is 0 Å². The molecule has 3 nitrogen and oxygen atoms in total. The first-order valence-electron chi connectivity index (χ1n) is 5.00. The highest BCUT2D eigenvalue weighted by molar-refractivity contribution is 9.10. The average Bonchev–Trinajstić information content (AvgIpc) is 2.27. The van der Waals surface area contributed by atoms with Crippen molar-refractivity contribution in [2.75, 3.05) is 11.1 Å². The van der Waals surface area contributed by atoms with Gasteiger partial charge in [0.2, 0.25) is 0 Å². The van der Waals surface area contributed by atoms with Gasteiger partial charge in [0.1, 0.15) is 5.82 Å². The lowest BCUT2D eigenvalue weighted by atomic mass is 10.2. The fraction of sp³-hybridized carbons (Fsp3) is 0.0833. The van der Waals surface area contributed by atoms with Crippen LogP contribution in [-0.2, 0) is 0 Å². The number of halogens is 2. The molecule has 0 fully saturated rings. The van der Waals surface area contributed by atoms with Gasteiger partial charge in [0.25, 0.3) is 0 Å². The summed E-state index contributed by atoms with van der Waals surface area (Å²) in [5, 5.41) is 2.99. The molecule has 0 radical (unpaired) electrons. The summed E-state index contributed by atoms with van der Waals surface area (Å²) < 4.78 is 13.9. The first kappa shape index (κ1) is 11.9. The number of nitrogen functional groups attached to an aromatic ring is 1. The highest BCUT2D eigenvalue weighted by Crippen LogP contribution is 2.28. The zero-order valence-electron chi connectivity index (χ0n) is 9.17. The molecule has 0 atom stereocenters. The van der Waals surface area contributed by atoms with Crippen molar-refractivity contribution in [2.45, 2.75) is 6.92 Å². The topological polar surface area (TPSA) is 50.9 Å². The molecule has 0 bridgehead atoms. The third-order valence-corrected chi connectivity index (χ3v) is 2.93. The summed E-state index contributed by atoms with van der Waals surface area (Å²) in [7, 11) is 0. The molecule has 1 heterocycles. The maximum absolute atomic E-state index is 13.1. The van der Waals surface area contributed by atoms with E-state index in [4.69, 9.17) is 5.73 Å². The number of hydrogen-bond acceptors (Lipinski definition) is 3. The van der Waals surface area contributed by atoms with Gasteiger partial charge >= 0.3 is 0 Å². The number of hydrogen-bond donors (Lipinski definition) is 2. The molecule has 0 unspecified atom stereocenters. The molecular formula is C12H11BrFN3. The smallest absolute Gasteiger partial charge is 0.153 e. The van der Waals surface area contributed by atoms with Gasteiger partial charge in [-0.15, -0.1) is 0 Å². The lowest BCUT2D eigenvalue weighted by molar-refractivity contribution is 0.628. The van der Waals surface area contributed by atoms with Gasteiger partial charge in [-0.25, -0.2) is 9.37 Å². The first-order valence-corrected chi connectivity index (χ1v) is 5.80. The first-order chi connectivity index (χ1) is 8.06. The molecule has 0 aliphatic carbocycles. The Hall–Kier alpha value is -1.62. The van der Waals surface area contributed by atoms with E-state index < -0.39 is 0 Å². The minimum Gasteiger partial charge on any atom is -0.396 e. The van der Waals surface area contributed by atoms with E-state index in [2.05, 4.69) is 26.2 Å². The number of rotatable bonds is 2. The number of nitrogens with one attached hydrogen (secondary N) is 1. The van der Waals surface area contributed by atoms with Gasteiger partial charge in [0.15, 0.2) is 5.82 Å². The molecule has 0 amide bonds. The normalized spacial score (nSPS) is 10.3. The molecule has 0 spiro atoms. The van der Waals surface area contributed by atoms with Crippen LogP contribution >= 0.6 is 15.9 Å². The van der Waals surface area contributed by atoms with Crippen LogP contribution in [0.1, 0.15) is 5.56 Å². The molecule has 17 heavy (non-hydrogen) atoms. The van der Waals surface area contributed by atoms with Crippen molar-refractivity contribution in [3.63, 3.8) is 0 Å². The van der Waals surface area contributed by atoms with Gasteiger partial charge in [0.05, 0.1) is 11.4 Å². The van der Waals surface area contributed by atoms with Crippen molar-refractivity contribution in [1.29, 1.82) is 0 Å². The second-order valence-electron chi connectivity index (χ2n) is 3.70. The Morgan fingerprint density at radius 3 is 2.82 bits per heavy atom. The average molecular weight is 296 g/mol. The fourth-order valence-corrected chi connectivity index (χ4v) is 1.76. The molecule has 5 heteroatoms. The highest BCUT2D eigenvalue weighted by Gasteiger charge is 2.05. The Kier molecular flexibility index (Phi) is 3.28. The molecule has 88 valence electrons. The Morgan fingerprint density at radius 1 is 1.35 bits per heavy atom. The maximum Gasteiger partial charge on any atom is 0.153 e. The molecule has 3 N–H and O–H groups in total. The molecule has 0 saturated carbocycles. The van der Waals surface area contributed by atoms with Crippen LogP contribution in [-0.4, -0.2) is 4.98 Å². The van der Waals surface area contributed by atoms with Crippen LogP contribution in [0.5, 0.6) is 0 Å². The number of aromatic nitrogens is 1. The van der Waals surface area contributed by atoms with E-state index in [1.165, 1.54) is 12.1 Å². The van der Waals surface area contributed by atoms with Gasteiger partial charge in [-0.2, -0.15) is 0 Å². The second kappa shape index (κ2) is 4.71. The number of benzene rings is 1. The zero-order valence-corrected chi connectivity index (χ0v) is 10.8. The Morgan fingerprint density at radius 2 is 2.12 bits per heavy atom. The molecule has 1 aromatic carbocycles. The summed E-state index contributed by atoms with van der Waals surface area (Å²) in [6.45, 7) is 1.91. The lowest BCUT2D eigenvalue weighted by Crippen LogP contribution is -2.00. The SMILES string of the molecule is Cc1cnc(Nc2cc(F)ccc2Br)c(N)c1. The standard InChI is InChI=1S/C12H11BrFN3/c1-7-4-10(15)12(16-6-7)17-11-5-8(14)2-3-9(11)13/h2-6H,15H2,1H3,(H,16,17). The quantitative estimate of drug-likeness (QED) is 0.890. The number of pyridine rings is 1. The van der Waals surface area contributed by atoms with Crippen LogP contribution in [0, 0.1) is 12.7 Å². The van der Waals surface area contributed by atoms with E-state index in [0.29, 0.717) is 17.2 Å². The minimum atomic E-state index is -0.318. The van der Waals surface area contributed by atoms with Crippen LogP contribution in [0.2, 0.25) is 0 Å². The minimum absolute atomic E-state index is 0.318. The fourth-order valence-electron chi connectivity index (χ4n) is 1.42. The van der Waals surface area contributed by atoms with Crippen molar-refractivity contribution >= 4 is 33.1 Å². The molecular weight excluding hydrogens is 285 g/mol. The largest absolute Gasteiger partial charge is 0.396 e. The van der Waals surface area contributed by atoms with E-state index in [1.807, 2.05) is 13.0 Å². The summed E-state index contributed by atoms with van der Waals surface area (Å²) in [6, 6.07) is 6.19. The zero-order chi connectivity index (χ0) is 12.4. The Labute approximate surface area is 107 Å². The molecule has 1 aromatic heterocycles. The van der Waals surface area contributed by atoms with E-state index in [1.54, 1.807) is 12.3 Å². The maximum atomic E-state index is 13.1. The predicted molar refractivity (Wildman–Crippen MR) is 70.8 cm³/mol. The molecule has 2 rings (SSSR count). The Balaban J connectivity index is 2.34. The van der Waals surface area contributed by atoms with Gasteiger partial charge in [-0.05, 0) is 52.7 Å². The number of anilines is 3. The third-order valence-electron chi connectivity index (χ3n) is 2.24. The summed E-state index contributed by atoms with van der Waals surface area (Å²) in [5.41, 5.74) is 7.92. The highest BCUT2D eigenvalue weighted by atomic mass is 79.9.